The quantitative estimate of drug-likeness (QED) is 0.821. The maximum atomic E-state index is 6.09. The van der Waals surface area contributed by atoms with Crippen molar-refractivity contribution in [1.29, 1.82) is 0 Å². The summed E-state index contributed by atoms with van der Waals surface area (Å²) < 4.78 is 5.40. The van der Waals surface area contributed by atoms with E-state index >= 15 is 0 Å². The molecule has 0 aliphatic carbocycles. The van der Waals surface area contributed by atoms with Gasteiger partial charge in [-0.05, 0) is 29.7 Å². The Kier molecular flexibility index (Phi) is 4.91. The number of nitrogens with one attached hydrogen (secondary N) is 1. The Bertz CT molecular complexity index is 554. The second-order valence-electron chi connectivity index (χ2n) is 5.12. The molecule has 0 aliphatic rings. The van der Waals surface area contributed by atoms with E-state index in [1.165, 1.54) is 5.56 Å². The number of rotatable bonds is 5. The zero-order valence-corrected chi connectivity index (χ0v) is 12.8. The maximum Gasteiger partial charge on any atom is 0.142 e. The lowest BCUT2D eigenvalue weighted by atomic mass is 9.95. The molecule has 2 rings (SSSR count). The first-order valence-electron chi connectivity index (χ1n) is 6.77. The molecule has 0 aromatic heterocycles. The van der Waals surface area contributed by atoms with Crippen molar-refractivity contribution < 1.29 is 4.74 Å². The molecule has 3 heteroatoms. The summed E-state index contributed by atoms with van der Waals surface area (Å²) in [6, 6.07) is 16.2. The number of ether oxygens (including phenoxy) is 1. The molecule has 106 valence electrons. The number of methoxy groups -OCH3 is 1. The van der Waals surface area contributed by atoms with Crippen LogP contribution in [0.1, 0.15) is 25.5 Å². The fourth-order valence-corrected chi connectivity index (χ4v) is 2.43. The molecule has 1 unspecified atom stereocenters. The molecule has 0 spiro atoms. The van der Waals surface area contributed by atoms with Crippen molar-refractivity contribution in [3.8, 4) is 5.75 Å². The first-order valence-corrected chi connectivity index (χ1v) is 7.14. The van der Waals surface area contributed by atoms with Crippen LogP contribution in [-0.2, 0) is 0 Å². The van der Waals surface area contributed by atoms with E-state index in [4.69, 9.17) is 16.3 Å². The topological polar surface area (TPSA) is 21.3 Å². The average molecular weight is 290 g/mol. The fraction of sp³-hybridized carbons (Fsp3) is 0.294. The third kappa shape index (κ3) is 3.45. The van der Waals surface area contributed by atoms with Gasteiger partial charge in [-0.3, -0.25) is 0 Å². The summed E-state index contributed by atoms with van der Waals surface area (Å²) in [5.41, 5.74) is 2.17. The minimum absolute atomic E-state index is 0.212. The van der Waals surface area contributed by atoms with Crippen LogP contribution < -0.4 is 10.1 Å². The number of benzene rings is 2. The van der Waals surface area contributed by atoms with Crippen molar-refractivity contribution in [2.45, 2.75) is 19.9 Å². The van der Waals surface area contributed by atoms with E-state index in [0.717, 1.165) is 11.4 Å². The van der Waals surface area contributed by atoms with Gasteiger partial charge >= 0.3 is 0 Å². The Labute approximate surface area is 125 Å². The third-order valence-corrected chi connectivity index (χ3v) is 3.53. The highest BCUT2D eigenvalue weighted by molar-refractivity contribution is 6.30. The molecule has 20 heavy (non-hydrogen) atoms. The summed E-state index contributed by atoms with van der Waals surface area (Å²) in [5, 5.41) is 4.24. The van der Waals surface area contributed by atoms with Crippen molar-refractivity contribution in [2.75, 3.05) is 12.4 Å². The van der Waals surface area contributed by atoms with E-state index in [1.54, 1.807) is 7.11 Å². The molecule has 2 aromatic carbocycles. The van der Waals surface area contributed by atoms with Gasteiger partial charge < -0.3 is 10.1 Å². The van der Waals surface area contributed by atoms with Gasteiger partial charge in [-0.2, -0.15) is 0 Å². The number of halogens is 1. The maximum absolute atomic E-state index is 6.09. The van der Waals surface area contributed by atoms with Crippen LogP contribution in [0.5, 0.6) is 5.75 Å². The van der Waals surface area contributed by atoms with Gasteiger partial charge in [-0.1, -0.05) is 55.8 Å². The predicted molar refractivity (Wildman–Crippen MR) is 85.6 cm³/mol. The highest BCUT2D eigenvalue weighted by Gasteiger charge is 2.17. The van der Waals surface area contributed by atoms with Gasteiger partial charge in [0.25, 0.3) is 0 Å². The number of anilines is 1. The minimum Gasteiger partial charge on any atom is -0.495 e. The largest absolute Gasteiger partial charge is 0.495 e. The highest BCUT2D eigenvalue weighted by atomic mass is 35.5. The second-order valence-corrected chi connectivity index (χ2v) is 5.56. The van der Waals surface area contributed by atoms with E-state index in [1.807, 2.05) is 24.3 Å². The molecule has 0 heterocycles. The van der Waals surface area contributed by atoms with Crippen molar-refractivity contribution in [1.82, 2.24) is 0 Å². The van der Waals surface area contributed by atoms with Gasteiger partial charge in [-0.25, -0.2) is 0 Å². The monoisotopic (exact) mass is 289 g/mol. The van der Waals surface area contributed by atoms with Crippen LogP contribution >= 0.6 is 11.6 Å². The smallest absolute Gasteiger partial charge is 0.142 e. The van der Waals surface area contributed by atoms with Crippen molar-refractivity contribution in [3.05, 3.63) is 59.1 Å². The zero-order chi connectivity index (χ0) is 14.5. The molecule has 2 nitrogen and oxygen atoms in total. The lowest BCUT2D eigenvalue weighted by molar-refractivity contribution is 0.415. The molecule has 0 saturated carbocycles. The summed E-state index contributed by atoms with van der Waals surface area (Å²) in [7, 11) is 1.67. The Morgan fingerprint density at radius 2 is 1.75 bits per heavy atom. The second kappa shape index (κ2) is 6.67. The van der Waals surface area contributed by atoms with Gasteiger partial charge in [-0.15, -0.1) is 0 Å². The Morgan fingerprint density at radius 3 is 2.35 bits per heavy atom. The highest BCUT2D eigenvalue weighted by Crippen LogP contribution is 2.33. The van der Waals surface area contributed by atoms with E-state index in [9.17, 15) is 0 Å². The summed E-state index contributed by atoms with van der Waals surface area (Å²) in [4.78, 5) is 0. The first kappa shape index (κ1) is 14.7. The molecule has 0 amide bonds. The van der Waals surface area contributed by atoms with Crippen molar-refractivity contribution in [3.63, 3.8) is 0 Å². The molecule has 2 aromatic rings. The van der Waals surface area contributed by atoms with Gasteiger partial charge in [0.15, 0.2) is 0 Å². The summed E-state index contributed by atoms with van der Waals surface area (Å²) in [6.07, 6.45) is 0. The Balaban J connectivity index is 2.32. The van der Waals surface area contributed by atoms with Crippen LogP contribution in [-0.4, -0.2) is 7.11 Å². The molecule has 1 atom stereocenters. The van der Waals surface area contributed by atoms with Crippen LogP contribution in [0.3, 0.4) is 0 Å². The van der Waals surface area contributed by atoms with Crippen molar-refractivity contribution >= 4 is 17.3 Å². The molecule has 0 aliphatic heterocycles. The number of hydrogen-bond acceptors (Lipinski definition) is 2. The molecular weight excluding hydrogens is 270 g/mol. The Morgan fingerprint density at radius 1 is 1.05 bits per heavy atom. The molecule has 0 bridgehead atoms. The third-order valence-electron chi connectivity index (χ3n) is 3.30. The fourth-order valence-electron chi connectivity index (χ4n) is 2.26. The molecule has 0 saturated heterocycles. The van der Waals surface area contributed by atoms with Crippen LogP contribution in [0, 0.1) is 5.92 Å². The number of hydrogen-bond donors (Lipinski definition) is 1. The summed E-state index contributed by atoms with van der Waals surface area (Å²) in [5.74, 6) is 1.25. The minimum atomic E-state index is 0.212. The molecular formula is C17H20ClNO. The lowest BCUT2D eigenvalue weighted by Gasteiger charge is -2.25. The molecule has 0 radical (unpaired) electrons. The lowest BCUT2D eigenvalue weighted by Crippen LogP contribution is -2.17. The van der Waals surface area contributed by atoms with Gasteiger partial charge in [0.05, 0.1) is 18.8 Å². The molecule has 0 fully saturated rings. The molecule has 1 N–H and O–H groups in total. The van der Waals surface area contributed by atoms with Crippen LogP contribution in [0.15, 0.2) is 48.5 Å². The van der Waals surface area contributed by atoms with Gasteiger partial charge in [0, 0.05) is 5.02 Å². The van der Waals surface area contributed by atoms with Crippen molar-refractivity contribution in [2.24, 2.45) is 5.92 Å². The van der Waals surface area contributed by atoms with Crippen LogP contribution in [0.25, 0.3) is 0 Å². The average Bonchev–Trinajstić information content (AvgIpc) is 2.45. The van der Waals surface area contributed by atoms with Crippen LogP contribution in [0.4, 0.5) is 5.69 Å². The first-order chi connectivity index (χ1) is 9.61. The van der Waals surface area contributed by atoms with E-state index in [2.05, 4.69) is 43.4 Å². The summed E-state index contributed by atoms with van der Waals surface area (Å²) >= 11 is 6.09. The normalized spacial score (nSPS) is 12.2. The Hall–Kier alpha value is -1.67. The van der Waals surface area contributed by atoms with Gasteiger partial charge in [0.1, 0.15) is 5.75 Å². The SMILES string of the molecule is COc1ccc(Cl)cc1NC(c1ccccc1)C(C)C. The zero-order valence-electron chi connectivity index (χ0n) is 12.1. The predicted octanol–water partition coefficient (Wildman–Crippen LogP) is 5.16. The standard InChI is InChI=1S/C17H20ClNO/c1-12(2)17(13-7-5-4-6-8-13)19-15-11-14(18)9-10-16(15)20-3/h4-12,17,19H,1-3H3. The van der Waals surface area contributed by atoms with E-state index < -0.39 is 0 Å². The van der Waals surface area contributed by atoms with Gasteiger partial charge in [0.2, 0.25) is 0 Å². The van der Waals surface area contributed by atoms with E-state index in [0.29, 0.717) is 10.9 Å². The van der Waals surface area contributed by atoms with E-state index in [-0.39, 0.29) is 6.04 Å². The summed E-state index contributed by atoms with van der Waals surface area (Å²) in [6.45, 7) is 4.39. The van der Waals surface area contributed by atoms with Crippen LogP contribution in [0.2, 0.25) is 5.02 Å².